The van der Waals surface area contributed by atoms with Crippen molar-refractivity contribution in [2.45, 2.75) is 0 Å². The van der Waals surface area contributed by atoms with Crippen LogP contribution in [0.4, 0.5) is 0 Å². The van der Waals surface area contributed by atoms with E-state index in [1.54, 1.807) is 5.48 Å². The van der Waals surface area contributed by atoms with Crippen LogP contribution in [0.5, 0.6) is 0 Å². The molecule has 0 rings (SSSR count). The Morgan fingerprint density at radius 2 is 1.75 bits per heavy atom. The fourth-order valence-corrected chi connectivity index (χ4v) is 0. The second-order valence-electron chi connectivity index (χ2n) is 0.224. The van der Waals surface area contributed by atoms with E-state index in [0.29, 0.717) is 0 Å². The van der Waals surface area contributed by atoms with Crippen LogP contribution < -0.4 is 5.48 Å². The van der Waals surface area contributed by atoms with Crippen molar-refractivity contribution < 1.29 is 5.21 Å². The molecule has 0 heterocycles. The van der Waals surface area contributed by atoms with Crippen LogP contribution in [0.3, 0.4) is 0 Å². The number of hydrogen-bond donors (Lipinski definition) is 2. The minimum absolute atomic E-state index is 0. The maximum absolute atomic E-state index is 7.32. The lowest BCUT2D eigenvalue weighted by atomic mass is 11.6. The molecule has 0 unspecified atom stereocenters. The van der Waals surface area contributed by atoms with Crippen LogP contribution in [-0.2, 0) is 0 Å². The molecule has 0 fully saturated rings. The van der Waals surface area contributed by atoms with Crippen molar-refractivity contribution in [3.63, 3.8) is 0 Å². The summed E-state index contributed by atoms with van der Waals surface area (Å²) in [7, 11) is 1.43. The molecule has 28 valence electrons. The van der Waals surface area contributed by atoms with Crippen LogP contribution in [0.15, 0.2) is 0 Å². The van der Waals surface area contributed by atoms with Crippen molar-refractivity contribution in [3.05, 3.63) is 0 Å². The van der Waals surface area contributed by atoms with Gasteiger partial charge in [0.2, 0.25) is 0 Å². The predicted octanol–water partition coefficient (Wildman–Crippen LogP) is 0.213. The summed E-state index contributed by atoms with van der Waals surface area (Å²) in [5, 5.41) is 7.32. The Balaban J connectivity index is 0. The normalized spacial score (nSPS) is 4.50. The molecule has 4 heavy (non-hydrogen) atoms. The smallest absolute Gasteiger partial charge is 0.00929 e. The van der Waals surface area contributed by atoms with Crippen molar-refractivity contribution in [1.29, 1.82) is 0 Å². The van der Waals surface area contributed by atoms with Gasteiger partial charge in [-0.2, -0.15) is 0 Å². The molecular formula is CH6INO. The summed E-state index contributed by atoms with van der Waals surface area (Å²) in [4.78, 5) is 0. The van der Waals surface area contributed by atoms with Crippen molar-refractivity contribution in [3.8, 4) is 0 Å². The minimum atomic E-state index is 0. The van der Waals surface area contributed by atoms with Crippen molar-refractivity contribution in [2.75, 3.05) is 7.05 Å². The van der Waals surface area contributed by atoms with Gasteiger partial charge in [-0.1, -0.05) is 0 Å². The van der Waals surface area contributed by atoms with E-state index in [0.717, 1.165) is 0 Å². The fraction of sp³-hybridized carbons (Fsp3) is 1.00. The van der Waals surface area contributed by atoms with E-state index < -0.39 is 0 Å². The van der Waals surface area contributed by atoms with Gasteiger partial charge in [-0.15, -0.1) is 24.0 Å². The monoisotopic (exact) mass is 175 g/mol. The molecule has 0 atom stereocenters. The van der Waals surface area contributed by atoms with E-state index >= 15 is 0 Å². The molecule has 0 saturated heterocycles. The number of rotatable bonds is 0. The van der Waals surface area contributed by atoms with E-state index in [1.165, 1.54) is 7.05 Å². The summed E-state index contributed by atoms with van der Waals surface area (Å²) >= 11 is 0. The molecule has 0 aromatic carbocycles. The first-order valence-corrected chi connectivity index (χ1v) is 0.724. The van der Waals surface area contributed by atoms with Gasteiger partial charge in [0.25, 0.3) is 0 Å². The first-order chi connectivity index (χ1) is 1.41. The molecule has 3 heteroatoms. The second-order valence-corrected chi connectivity index (χ2v) is 0.224. The molecule has 0 radical (unpaired) electrons. The highest BCUT2D eigenvalue weighted by atomic mass is 127. The molecule has 0 aliphatic heterocycles. The molecule has 2 N–H and O–H groups in total. The van der Waals surface area contributed by atoms with Crippen molar-refractivity contribution in [1.82, 2.24) is 5.48 Å². The zero-order valence-electron chi connectivity index (χ0n) is 2.36. The van der Waals surface area contributed by atoms with Crippen LogP contribution in [0.1, 0.15) is 0 Å². The molecule has 0 bridgehead atoms. The molecular weight excluding hydrogens is 169 g/mol. The Bertz CT molecular complexity index is 8.00. The molecule has 0 spiro atoms. The first-order valence-electron chi connectivity index (χ1n) is 0.724. The third kappa shape index (κ3) is 17.1. The highest BCUT2D eigenvalue weighted by molar-refractivity contribution is 14.0. The zero-order valence-corrected chi connectivity index (χ0v) is 4.69. The second kappa shape index (κ2) is 9.41. The van der Waals surface area contributed by atoms with Gasteiger partial charge in [0.15, 0.2) is 0 Å². The first kappa shape index (κ1) is 8.82. The summed E-state index contributed by atoms with van der Waals surface area (Å²) in [6, 6.07) is 0. The number of halogens is 1. The van der Waals surface area contributed by atoms with Gasteiger partial charge < -0.3 is 5.21 Å². The fourth-order valence-electron chi connectivity index (χ4n) is 0. The standard InChI is InChI=1S/CH5NO.HI/c1-2-3;/h2-3H,1H3;1H. The largest absolute Gasteiger partial charge is 0.317 e. The van der Waals surface area contributed by atoms with Crippen LogP contribution in [-0.4, -0.2) is 12.3 Å². The Labute approximate surface area is 42.2 Å². The molecule has 0 saturated carbocycles. The minimum Gasteiger partial charge on any atom is -0.317 e. The molecule has 0 aromatic heterocycles. The average molecular weight is 175 g/mol. The van der Waals surface area contributed by atoms with Gasteiger partial charge in [-0.3, -0.25) is 0 Å². The third-order valence-electron chi connectivity index (χ3n) is 0. The van der Waals surface area contributed by atoms with Crippen LogP contribution >= 0.6 is 24.0 Å². The molecule has 0 amide bonds. The zero-order chi connectivity index (χ0) is 2.71. The van der Waals surface area contributed by atoms with E-state index in [2.05, 4.69) is 0 Å². The van der Waals surface area contributed by atoms with Crippen molar-refractivity contribution >= 4 is 24.0 Å². The van der Waals surface area contributed by atoms with Gasteiger partial charge >= 0.3 is 0 Å². The summed E-state index contributed by atoms with van der Waals surface area (Å²) < 4.78 is 0. The van der Waals surface area contributed by atoms with Gasteiger partial charge in [0.1, 0.15) is 0 Å². The maximum atomic E-state index is 7.32. The quantitative estimate of drug-likeness (QED) is 0.407. The topological polar surface area (TPSA) is 32.3 Å². The molecule has 2 nitrogen and oxygen atoms in total. The molecule has 0 aliphatic carbocycles. The van der Waals surface area contributed by atoms with E-state index in [-0.39, 0.29) is 24.0 Å². The third-order valence-corrected chi connectivity index (χ3v) is 0. The highest BCUT2D eigenvalue weighted by Gasteiger charge is 1.24. The van der Waals surface area contributed by atoms with Gasteiger partial charge in [0, 0.05) is 7.05 Å². The van der Waals surface area contributed by atoms with Gasteiger partial charge in [0.05, 0.1) is 0 Å². The van der Waals surface area contributed by atoms with Crippen LogP contribution in [0, 0.1) is 0 Å². The number of hydroxylamine groups is 1. The van der Waals surface area contributed by atoms with E-state index in [1.807, 2.05) is 0 Å². The SMILES string of the molecule is CNO.I. The predicted molar refractivity (Wildman–Crippen MR) is 26.3 cm³/mol. The lowest BCUT2D eigenvalue weighted by molar-refractivity contribution is 0.194. The van der Waals surface area contributed by atoms with E-state index in [9.17, 15) is 0 Å². The Morgan fingerprint density at radius 3 is 1.75 bits per heavy atom. The van der Waals surface area contributed by atoms with Crippen molar-refractivity contribution in [2.24, 2.45) is 0 Å². The number of hydrogen-bond acceptors (Lipinski definition) is 2. The lowest BCUT2D eigenvalue weighted by Gasteiger charge is -1.60. The van der Waals surface area contributed by atoms with Crippen LogP contribution in [0.25, 0.3) is 0 Å². The Hall–Kier alpha value is 0.650. The Morgan fingerprint density at radius 1 is 1.75 bits per heavy atom. The highest BCUT2D eigenvalue weighted by Crippen LogP contribution is 0.957. The van der Waals surface area contributed by atoms with Gasteiger partial charge in [-0.05, 0) is 0 Å². The number of nitrogens with one attached hydrogen (secondary N) is 1. The maximum Gasteiger partial charge on any atom is 0.00929 e. The molecule has 0 aliphatic rings. The molecule has 0 aromatic rings. The summed E-state index contributed by atoms with van der Waals surface area (Å²) in [5.74, 6) is 0. The van der Waals surface area contributed by atoms with E-state index in [4.69, 9.17) is 5.21 Å². The lowest BCUT2D eigenvalue weighted by Crippen LogP contribution is -1.91. The van der Waals surface area contributed by atoms with Crippen LogP contribution in [0.2, 0.25) is 0 Å². The summed E-state index contributed by atoms with van der Waals surface area (Å²) in [6.07, 6.45) is 0. The summed E-state index contributed by atoms with van der Waals surface area (Å²) in [6.45, 7) is 0. The van der Waals surface area contributed by atoms with Gasteiger partial charge in [-0.25, -0.2) is 5.48 Å². The average Bonchev–Trinajstić information content (AvgIpc) is 0.918. The summed E-state index contributed by atoms with van der Waals surface area (Å²) in [5.41, 5.74) is 1.75. The Kier molecular flexibility index (Phi) is 20.8.